The standard InChI is InChI=1S/C37H46N4O3/c1-6-7-17-33-40-34-25(2)22-29(39-36(43)38-28-13-9-8-10-14-28)23-32(34)41(33)24-26-18-20-27(21-19-26)30-15-11-12-16-31(30)35(42)44-37(3,4)5/h11-12,15-16,18-23,28H,6-10,13-14,17,24H2,1-5H3,(H2,38,39,43). The Hall–Kier alpha value is -4.13. The maximum absolute atomic E-state index is 12.9. The molecule has 2 N–H and O–H groups in total. The van der Waals surface area contributed by atoms with E-state index in [1.165, 1.54) is 19.3 Å². The molecule has 44 heavy (non-hydrogen) atoms. The van der Waals surface area contributed by atoms with Crippen molar-refractivity contribution in [2.45, 2.75) is 104 Å². The van der Waals surface area contributed by atoms with Crippen molar-refractivity contribution in [3.8, 4) is 11.1 Å². The zero-order chi connectivity index (χ0) is 31.3. The van der Waals surface area contributed by atoms with Gasteiger partial charge in [-0.2, -0.15) is 0 Å². The lowest BCUT2D eigenvalue weighted by Crippen LogP contribution is -2.39. The van der Waals surface area contributed by atoms with Crippen LogP contribution in [0, 0.1) is 6.92 Å². The first-order valence-electron chi connectivity index (χ1n) is 16.1. The second-order valence-electron chi connectivity index (χ2n) is 13.1. The topological polar surface area (TPSA) is 85.3 Å². The molecule has 232 valence electrons. The van der Waals surface area contributed by atoms with Crippen LogP contribution in [0.2, 0.25) is 0 Å². The quantitative estimate of drug-likeness (QED) is 0.190. The minimum atomic E-state index is -0.565. The molecule has 7 nitrogen and oxygen atoms in total. The van der Waals surface area contributed by atoms with E-state index in [1.54, 1.807) is 0 Å². The van der Waals surface area contributed by atoms with Crippen LogP contribution in [-0.2, 0) is 17.7 Å². The number of esters is 1. The predicted molar refractivity (Wildman–Crippen MR) is 178 cm³/mol. The molecule has 1 heterocycles. The van der Waals surface area contributed by atoms with Gasteiger partial charge in [0.05, 0.1) is 16.6 Å². The summed E-state index contributed by atoms with van der Waals surface area (Å²) in [4.78, 5) is 30.9. The summed E-state index contributed by atoms with van der Waals surface area (Å²) in [6.45, 7) is 10.5. The molecular weight excluding hydrogens is 548 g/mol. The summed E-state index contributed by atoms with van der Waals surface area (Å²) < 4.78 is 7.95. The average molecular weight is 595 g/mol. The number of benzene rings is 3. The number of aryl methyl sites for hydroxylation is 2. The molecule has 1 aromatic heterocycles. The lowest BCUT2D eigenvalue weighted by atomic mass is 9.96. The number of anilines is 1. The van der Waals surface area contributed by atoms with E-state index in [-0.39, 0.29) is 18.0 Å². The van der Waals surface area contributed by atoms with Gasteiger partial charge in [-0.15, -0.1) is 0 Å². The summed E-state index contributed by atoms with van der Waals surface area (Å²) in [5.41, 5.74) is 6.74. The van der Waals surface area contributed by atoms with Crippen LogP contribution in [0.1, 0.15) is 99.9 Å². The van der Waals surface area contributed by atoms with Crippen LogP contribution in [0.3, 0.4) is 0 Å². The van der Waals surface area contributed by atoms with Crippen LogP contribution in [0.5, 0.6) is 0 Å². The molecule has 3 aromatic carbocycles. The number of rotatable bonds is 9. The summed E-state index contributed by atoms with van der Waals surface area (Å²) in [6.07, 6.45) is 8.72. The van der Waals surface area contributed by atoms with Gasteiger partial charge in [-0.05, 0) is 87.4 Å². The molecule has 2 amide bonds. The fraction of sp³-hybridized carbons (Fsp3) is 0.432. The van der Waals surface area contributed by atoms with Gasteiger partial charge in [0.1, 0.15) is 11.4 Å². The highest BCUT2D eigenvalue weighted by Gasteiger charge is 2.21. The van der Waals surface area contributed by atoms with Gasteiger partial charge in [0.25, 0.3) is 0 Å². The number of nitrogens with zero attached hydrogens (tertiary/aromatic N) is 2. The number of amides is 2. The number of ether oxygens (including phenoxy) is 1. The fourth-order valence-electron chi connectivity index (χ4n) is 6.03. The molecule has 0 bridgehead atoms. The van der Waals surface area contributed by atoms with Crippen LogP contribution in [0.25, 0.3) is 22.2 Å². The Balaban J connectivity index is 1.41. The Labute approximate surface area is 261 Å². The van der Waals surface area contributed by atoms with Crippen LogP contribution in [-0.4, -0.2) is 33.2 Å². The van der Waals surface area contributed by atoms with Gasteiger partial charge in [0, 0.05) is 24.7 Å². The summed E-state index contributed by atoms with van der Waals surface area (Å²) in [5, 5.41) is 6.25. The second-order valence-corrected chi connectivity index (χ2v) is 13.1. The Morgan fingerprint density at radius 1 is 1.00 bits per heavy atom. The zero-order valence-corrected chi connectivity index (χ0v) is 26.8. The SMILES string of the molecule is CCCCc1nc2c(C)cc(NC(=O)NC3CCCCC3)cc2n1Cc1ccc(-c2ccccc2C(=O)OC(C)(C)C)cc1. The normalized spacial score (nSPS) is 14.0. The van der Waals surface area contributed by atoms with Crippen molar-refractivity contribution in [3.63, 3.8) is 0 Å². The van der Waals surface area contributed by atoms with Gasteiger partial charge in [-0.25, -0.2) is 14.6 Å². The van der Waals surface area contributed by atoms with E-state index in [4.69, 9.17) is 9.72 Å². The van der Waals surface area contributed by atoms with E-state index < -0.39 is 5.60 Å². The van der Waals surface area contributed by atoms with Gasteiger partial charge >= 0.3 is 12.0 Å². The molecule has 4 aromatic rings. The number of aromatic nitrogens is 2. The third-order valence-corrected chi connectivity index (χ3v) is 8.23. The number of imidazole rings is 1. The van der Waals surface area contributed by atoms with Crippen molar-refractivity contribution in [1.29, 1.82) is 0 Å². The van der Waals surface area contributed by atoms with E-state index in [2.05, 4.69) is 59.4 Å². The second kappa shape index (κ2) is 13.7. The van der Waals surface area contributed by atoms with Crippen LogP contribution in [0.4, 0.5) is 10.5 Å². The molecule has 1 saturated carbocycles. The minimum absolute atomic E-state index is 0.143. The van der Waals surface area contributed by atoms with E-state index in [0.29, 0.717) is 12.1 Å². The molecule has 0 radical (unpaired) electrons. The molecule has 5 rings (SSSR count). The molecule has 0 saturated heterocycles. The first-order valence-corrected chi connectivity index (χ1v) is 16.1. The van der Waals surface area contributed by atoms with Crippen LogP contribution >= 0.6 is 0 Å². The number of hydrogen-bond donors (Lipinski definition) is 2. The first-order chi connectivity index (χ1) is 21.1. The molecule has 0 spiro atoms. The van der Waals surface area contributed by atoms with Gasteiger partial charge in [-0.1, -0.05) is 75.1 Å². The molecule has 1 fully saturated rings. The van der Waals surface area contributed by atoms with E-state index in [9.17, 15) is 9.59 Å². The Bertz CT molecular complexity index is 1610. The van der Waals surface area contributed by atoms with Gasteiger partial charge in [0.2, 0.25) is 0 Å². The van der Waals surface area contributed by atoms with E-state index >= 15 is 0 Å². The lowest BCUT2D eigenvalue weighted by molar-refractivity contribution is 0.00704. The number of urea groups is 1. The van der Waals surface area contributed by atoms with E-state index in [0.717, 1.165) is 76.9 Å². The van der Waals surface area contributed by atoms with Crippen molar-refractivity contribution in [3.05, 3.63) is 83.2 Å². The highest BCUT2D eigenvalue weighted by Crippen LogP contribution is 2.29. The molecule has 0 unspecified atom stereocenters. The number of fused-ring (bicyclic) bond motifs is 1. The average Bonchev–Trinajstić information content (AvgIpc) is 3.33. The van der Waals surface area contributed by atoms with E-state index in [1.807, 2.05) is 51.1 Å². The van der Waals surface area contributed by atoms with Crippen LogP contribution < -0.4 is 10.6 Å². The summed E-state index contributed by atoms with van der Waals surface area (Å²) in [6, 6.07) is 20.1. The lowest BCUT2D eigenvalue weighted by Gasteiger charge is -2.23. The Kier molecular flexibility index (Phi) is 9.72. The predicted octanol–water partition coefficient (Wildman–Crippen LogP) is 8.81. The third-order valence-electron chi connectivity index (χ3n) is 8.23. The van der Waals surface area contributed by atoms with Crippen molar-refractivity contribution < 1.29 is 14.3 Å². The Morgan fingerprint density at radius 2 is 1.73 bits per heavy atom. The molecule has 7 heteroatoms. The van der Waals surface area contributed by atoms with Crippen molar-refractivity contribution in [1.82, 2.24) is 14.9 Å². The largest absolute Gasteiger partial charge is 0.456 e. The fourth-order valence-corrected chi connectivity index (χ4v) is 6.03. The molecule has 0 aliphatic heterocycles. The third kappa shape index (κ3) is 7.68. The number of nitrogens with one attached hydrogen (secondary N) is 2. The maximum Gasteiger partial charge on any atom is 0.339 e. The Morgan fingerprint density at radius 3 is 2.43 bits per heavy atom. The highest BCUT2D eigenvalue weighted by atomic mass is 16.6. The smallest absolute Gasteiger partial charge is 0.339 e. The van der Waals surface area contributed by atoms with Gasteiger partial charge in [0.15, 0.2) is 0 Å². The minimum Gasteiger partial charge on any atom is -0.456 e. The van der Waals surface area contributed by atoms with Crippen LogP contribution in [0.15, 0.2) is 60.7 Å². The summed E-state index contributed by atoms with van der Waals surface area (Å²) in [5.74, 6) is 0.725. The van der Waals surface area contributed by atoms with Crippen molar-refractivity contribution in [2.75, 3.05) is 5.32 Å². The molecular formula is C37H46N4O3. The number of hydrogen-bond acceptors (Lipinski definition) is 4. The molecule has 0 atom stereocenters. The van der Waals surface area contributed by atoms with Crippen molar-refractivity contribution in [2.24, 2.45) is 0 Å². The highest BCUT2D eigenvalue weighted by molar-refractivity contribution is 5.97. The first kappa shape index (κ1) is 31.3. The summed E-state index contributed by atoms with van der Waals surface area (Å²) in [7, 11) is 0. The van der Waals surface area contributed by atoms with Crippen molar-refractivity contribution >= 4 is 28.7 Å². The van der Waals surface area contributed by atoms with Gasteiger partial charge in [-0.3, -0.25) is 0 Å². The zero-order valence-electron chi connectivity index (χ0n) is 26.8. The number of carbonyl (C=O) groups excluding carboxylic acids is 2. The number of unbranched alkanes of at least 4 members (excludes halogenated alkanes) is 1. The van der Waals surface area contributed by atoms with Gasteiger partial charge < -0.3 is 19.9 Å². The number of carbonyl (C=O) groups is 2. The summed E-state index contributed by atoms with van der Waals surface area (Å²) >= 11 is 0. The molecule has 1 aliphatic carbocycles. The monoisotopic (exact) mass is 594 g/mol. The maximum atomic E-state index is 12.9. The molecule has 1 aliphatic rings.